The van der Waals surface area contributed by atoms with Crippen LogP contribution in [0.2, 0.25) is 0 Å². The van der Waals surface area contributed by atoms with E-state index in [1.807, 2.05) is 6.07 Å². The Morgan fingerprint density at radius 3 is 2.74 bits per heavy atom. The molecule has 3 unspecified atom stereocenters. The predicted molar refractivity (Wildman–Crippen MR) is 79.0 cm³/mol. The molecule has 0 aliphatic carbocycles. The molecule has 0 radical (unpaired) electrons. The molecule has 1 aromatic carbocycles. The van der Waals surface area contributed by atoms with Gasteiger partial charge in [0.2, 0.25) is 0 Å². The first-order valence-electron chi connectivity index (χ1n) is 7.27. The quantitative estimate of drug-likeness (QED) is 0.855. The van der Waals surface area contributed by atoms with Crippen LogP contribution in [0.25, 0.3) is 0 Å². The summed E-state index contributed by atoms with van der Waals surface area (Å²) in [6.45, 7) is 5.18. The number of hydrogen-bond acceptors (Lipinski definition) is 3. The second-order valence-electron chi connectivity index (χ2n) is 5.77. The molecule has 19 heavy (non-hydrogen) atoms. The summed E-state index contributed by atoms with van der Waals surface area (Å²) in [5.41, 5.74) is 7.56. The molecule has 0 spiro atoms. The summed E-state index contributed by atoms with van der Waals surface area (Å²) >= 11 is 0. The molecular weight excluding hydrogens is 236 g/mol. The zero-order chi connectivity index (χ0) is 13.7. The van der Waals surface area contributed by atoms with Gasteiger partial charge in [-0.25, -0.2) is 0 Å². The summed E-state index contributed by atoms with van der Waals surface area (Å²) in [5, 5.41) is 0. The Hall–Kier alpha value is -0.900. The second-order valence-corrected chi connectivity index (χ2v) is 5.77. The van der Waals surface area contributed by atoms with Crippen molar-refractivity contribution >= 4 is 0 Å². The number of ether oxygens (including phenoxy) is 1. The van der Waals surface area contributed by atoms with Gasteiger partial charge in [-0.3, -0.25) is 0 Å². The molecule has 106 valence electrons. The lowest BCUT2D eigenvalue weighted by Crippen LogP contribution is -2.35. The van der Waals surface area contributed by atoms with Crippen molar-refractivity contribution in [2.45, 2.75) is 31.9 Å². The van der Waals surface area contributed by atoms with Gasteiger partial charge in [-0.15, -0.1) is 0 Å². The Labute approximate surface area is 116 Å². The Kier molecular flexibility index (Phi) is 5.37. The Morgan fingerprint density at radius 2 is 2.11 bits per heavy atom. The van der Waals surface area contributed by atoms with E-state index in [4.69, 9.17) is 10.5 Å². The van der Waals surface area contributed by atoms with Crippen molar-refractivity contribution in [2.24, 2.45) is 11.7 Å². The average Bonchev–Trinajstić information content (AvgIpc) is 2.91. The molecule has 0 saturated carbocycles. The monoisotopic (exact) mass is 262 g/mol. The van der Waals surface area contributed by atoms with Crippen LogP contribution in [-0.2, 0) is 4.74 Å². The molecule has 1 aliphatic heterocycles. The molecule has 0 amide bonds. The average molecular weight is 262 g/mol. The van der Waals surface area contributed by atoms with Crippen molar-refractivity contribution in [1.82, 2.24) is 4.90 Å². The summed E-state index contributed by atoms with van der Waals surface area (Å²) < 4.78 is 5.68. The van der Waals surface area contributed by atoms with Gasteiger partial charge in [0.1, 0.15) is 0 Å². The fourth-order valence-electron chi connectivity index (χ4n) is 2.82. The van der Waals surface area contributed by atoms with Crippen LogP contribution in [0.15, 0.2) is 30.3 Å². The number of hydrogen-bond donors (Lipinski definition) is 1. The lowest BCUT2D eigenvalue weighted by molar-refractivity contribution is 0.0761. The van der Waals surface area contributed by atoms with Crippen molar-refractivity contribution in [1.29, 1.82) is 0 Å². The van der Waals surface area contributed by atoms with E-state index in [0.717, 1.165) is 19.7 Å². The lowest BCUT2D eigenvalue weighted by atomic mass is 9.95. The van der Waals surface area contributed by atoms with Gasteiger partial charge in [-0.1, -0.05) is 37.3 Å². The summed E-state index contributed by atoms with van der Waals surface area (Å²) in [6, 6.07) is 10.5. The maximum atomic E-state index is 6.34. The van der Waals surface area contributed by atoms with Crippen LogP contribution in [0.5, 0.6) is 0 Å². The third-order valence-electron chi connectivity index (χ3n) is 3.94. The van der Waals surface area contributed by atoms with E-state index in [1.165, 1.54) is 18.4 Å². The molecule has 1 saturated heterocycles. The standard InChI is InChI=1S/C16H26N2O/c1-13(16(17)14-7-4-3-5-8-14)11-18(2)12-15-9-6-10-19-15/h3-5,7-8,13,15-16H,6,9-12,17H2,1-2H3. The maximum absolute atomic E-state index is 6.34. The largest absolute Gasteiger partial charge is 0.377 e. The van der Waals surface area contributed by atoms with E-state index in [0.29, 0.717) is 12.0 Å². The van der Waals surface area contributed by atoms with Crippen LogP contribution in [0, 0.1) is 5.92 Å². The predicted octanol–water partition coefficient (Wildman–Crippen LogP) is 2.43. The molecule has 3 heteroatoms. The minimum Gasteiger partial charge on any atom is -0.377 e. The van der Waals surface area contributed by atoms with Gasteiger partial charge in [-0.2, -0.15) is 0 Å². The van der Waals surface area contributed by atoms with Crippen molar-refractivity contribution in [3.8, 4) is 0 Å². The van der Waals surface area contributed by atoms with Crippen LogP contribution >= 0.6 is 0 Å². The molecule has 2 rings (SSSR count). The summed E-state index contributed by atoms with van der Waals surface area (Å²) in [7, 11) is 2.16. The molecule has 1 aromatic rings. The third kappa shape index (κ3) is 4.30. The van der Waals surface area contributed by atoms with E-state index >= 15 is 0 Å². The van der Waals surface area contributed by atoms with E-state index in [9.17, 15) is 0 Å². The number of nitrogens with zero attached hydrogens (tertiary/aromatic N) is 1. The highest BCUT2D eigenvalue weighted by Gasteiger charge is 2.20. The summed E-state index contributed by atoms with van der Waals surface area (Å²) in [6.07, 6.45) is 2.83. The zero-order valence-electron chi connectivity index (χ0n) is 12.1. The van der Waals surface area contributed by atoms with Gasteiger partial charge < -0.3 is 15.4 Å². The van der Waals surface area contributed by atoms with Gasteiger partial charge in [0, 0.05) is 25.7 Å². The first kappa shape index (κ1) is 14.5. The van der Waals surface area contributed by atoms with E-state index in [-0.39, 0.29) is 6.04 Å². The zero-order valence-corrected chi connectivity index (χ0v) is 12.1. The Bertz CT molecular complexity index is 362. The minimum absolute atomic E-state index is 0.105. The van der Waals surface area contributed by atoms with E-state index in [2.05, 4.69) is 43.1 Å². The molecule has 3 nitrogen and oxygen atoms in total. The van der Waals surface area contributed by atoms with Crippen molar-refractivity contribution in [2.75, 3.05) is 26.7 Å². The molecular formula is C16H26N2O. The maximum Gasteiger partial charge on any atom is 0.0702 e. The normalized spacial score (nSPS) is 22.6. The Morgan fingerprint density at radius 1 is 1.37 bits per heavy atom. The van der Waals surface area contributed by atoms with Crippen LogP contribution < -0.4 is 5.73 Å². The molecule has 1 heterocycles. The second kappa shape index (κ2) is 7.04. The third-order valence-corrected chi connectivity index (χ3v) is 3.94. The number of benzene rings is 1. The first-order valence-corrected chi connectivity index (χ1v) is 7.27. The highest BCUT2D eigenvalue weighted by atomic mass is 16.5. The molecule has 0 aromatic heterocycles. The smallest absolute Gasteiger partial charge is 0.0702 e. The number of rotatable bonds is 6. The van der Waals surface area contributed by atoms with Gasteiger partial charge in [-0.05, 0) is 31.4 Å². The number of nitrogens with two attached hydrogens (primary N) is 1. The van der Waals surface area contributed by atoms with Crippen molar-refractivity contribution in [3.05, 3.63) is 35.9 Å². The van der Waals surface area contributed by atoms with Gasteiger partial charge in [0.05, 0.1) is 6.10 Å². The molecule has 0 bridgehead atoms. The topological polar surface area (TPSA) is 38.5 Å². The van der Waals surface area contributed by atoms with Crippen LogP contribution in [0.4, 0.5) is 0 Å². The Balaban J connectivity index is 1.80. The van der Waals surface area contributed by atoms with Crippen LogP contribution in [-0.4, -0.2) is 37.7 Å². The van der Waals surface area contributed by atoms with Gasteiger partial charge in [0.25, 0.3) is 0 Å². The molecule has 1 fully saturated rings. The first-order chi connectivity index (χ1) is 9.16. The van der Waals surface area contributed by atoms with E-state index in [1.54, 1.807) is 0 Å². The molecule has 1 aliphatic rings. The van der Waals surface area contributed by atoms with Gasteiger partial charge in [0.15, 0.2) is 0 Å². The summed E-state index contributed by atoms with van der Waals surface area (Å²) in [5.74, 6) is 0.439. The van der Waals surface area contributed by atoms with Crippen molar-refractivity contribution < 1.29 is 4.74 Å². The SMILES string of the molecule is CC(CN(C)CC1CCCO1)C(N)c1ccccc1. The summed E-state index contributed by atoms with van der Waals surface area (Å²) in [4.78, 5) is 2.35. The van der Waals surface area contributed by atoms with Crippen molar-refractivity contribution in [3.63, 3.8) is 0 Å². The fourth-order valence-corrected chi connectivity index (χ4v) is 2.82. The number of likely N-dealkylation sites (N-methyl/N-ethyl adjacent to an activating group) is 1. The molecule has 3 atom stereocenters. The van der Waals surface area contributed by atoms with Crippen LogP contribution in [0.3, 0.4) is 0 Å². The van der Waals surface area contributed by atoms with Crippen LogP contribution in [0.1, 0.15) is 31.4 Å². The highest BCUT2D eigenvalue weighted by molar-refractivity contribution is 5.19. The molecule has 2 N–H and O–H groups in total. The fraction of sp³-hybridized carbons (Fsp3) is 0.625. The van der Waals surface area contributed by atoms with E-state index < -0.39 is 0 Å². The lowest BCUT2D eigenvalue weighted by Gasteiger charge is -2.27. The van der Waals surface area contributed by atoms with Gasteiger partial charge >= 0.3 is 0 Å². The highest BCUT2D eigenvalue weighted by Crippen LogP contribution is 2.20. The minimum atomic E-state index is 0.105.